The summed E-state index contributed by atoms with van der Waals surface area (Å²) in [5.74, 6) is 0. The van der Waals surface area contributed by atoms with Gasteiger partial charge in [-0.3, -0.25) is 4.79 Å². The summed E-state index contributed by atoms with van der Waals surface area (Å²) in [6, 6.07) is 0.179. The highest BCUT2D eigenvalue weighted by Gasteiger charge is 2.13. The van der Waals surface area contributed by atoms with Crippen LogP contribution in [0.1, 0.15) is 20.8 Å². The molecule has 0 aliphatic rings. The second-order valence-corrected chi connectivity index (χ2v) is 5.30. The van der Waals surface area contributed by atoms with E-state index in [1.165, 1.54) is 4.68 Å². The molecule has 1 aromatic rings. The lowest BCUT2D eigenvalue weighted by molar-refractivity contribution is 0.182. The Morgan fingerprint density at radius 3 is 2.71 bits per heavy atom. The van der Waals surface area contributed by atoms with E-state index in [9.17, 15) is 4.79 Å². The van der Waals surface area contributed by atoms with E-state index in [4.69, 9.17) is 16.3 Å². The Hall–Kier alpha value is -1.11. The summed E-state index contributed by atoms with van der Waals surface area (Å²) in [6.45, 7) is 10.0. The van der Waals surface area contributed by atoms with Crippen LogP contribution in [0.15, 0.2) is 11.0 Å². The van der Waals surface area contributed by atoms with E-state index in [0.29, 0.717) is 18.8 Å². The topological polar surface area (TPSA) is 59.4 Å². The highest BCUT2D eigenvalue weighted by Crippen LogP contribution is 2.16. The number of likely N-dealkylation sites (N-methyl/N-ethyl adjacent to an activating group) is 1. The molecule has 0 bridgehead atoms. The SMILES string of the molecule is CCN(CC)CC(C)Nc1cnn(CCOC)c(=O)c1Cl. The molecule has 0 saturated heterocycles. The molecule has 1 unspecified atom stereocenters. The molecular formula is C14H25ClN4O2. The number of ether oxygens (including phenoxy) is 1. The molecule has 6 nitrogen and oxygen atoms in total. The van der Waals surface area contributed by atoms with Crippen LogP contribution in [-0.2, 0) is 11.3 Å². The van der Waals surface area contributed by atoms with Crippen LogP contribution in [0.3, 0.4) is 0 Å². The minimum absolute atomic E-state index is 0.174. The van der Waals surface area contributed by atoms with Crippen LogP contribution >= 0.6 is 11.6 Å². The van der Waals surface area contributed by atoms with Crippen LogP contribution in [0.4, 0.5) is 5.69 Å². The monoisotopic (exact) mass is 316 g/mol. The van der Waals surface area contributed by atoms with Crippen LogP contribution in [0, 0.1) is 0 Å². The standard InChI is InChI=1S/C14H25ClN4O2/c1-5-18(6-2)10-11(3)17-12-9-16-19(7-8-21-4)14(20)13(12)15/h9,11,17H,5-8,10H2,1-4H3. The van der Waals surface area contributed by atoms with E-state index < -0.39 is 0 Å². The van der Waals surface area contributed by atoms with Crippen LogP contribution in [0.5, 0.6) is 0 Å². The number of hydrogen-bond donors (Lipinski definition) is 1. The van der Waals surface area contributed by atoms with Crippen molar-refractivity contribution in [2.75, 3.05) is 38.7 Å². The van der Waals surface area contributed by atoms with E-state index in [1.54, 1.807) is 13.3 Å². The second-order valence-electron chi connectivity index (χ2n) is 4.92. The van der Waals surface area contributed by atoms with Crippen molar-refractivity contribution in [3.63, 3.8) is 0 Å². The third-order valence-corrected chi connectivity index (χ3v) is 3.69. The van der Waals surface area contributed by atoms with Crippen molar-refractivity contribution in [2.45, 2.75) is 33.4 Å². The van der Waals surface area contributed by atoms with Gasteiger partial charge >= 0.3 is 0 Å². The quantitative estimate of drug-likeness (QED) is 0.751. The predicted molar refractivity (Wildman–Crippen MR) is 86.3 cm³/mol. The molecule has 1 rings (SSSR count). The van der Waals surface area contributed by atoms with Gasteiger partial charge in [0.25, 0.3) is 5.56 Å². The molecular weight excluding hydrogens is 292 g/mol. The summed E-state index contributed by atoms with van der Waals surface area (Å²) in [6.07, 6.45) is 1.60. The Bertz CT molecular complexity index is 488. The molecule has 0 radical (unpaired) electrons. The predicted octanol–water partition coefficient (Wildman–Crippen LogP) is 1.69. The van der Waals surface area contributed by atoms with Crippen molar-refractivity contribution in [1.29, 1.82) is 0 Å². The lowest BCUT2D eigenvalue weighted by atomic mass is 10.3. The van der Waals surface area contributed by atoms with Gasteiger partial charge in [0.15, 0.2) is 0 Å². The molecule has 0 aromatic carbocycles. The number of hydrogen-bond acceptors (Lipinski definition) is 5. The van der Waals surface area contributed by atoms with Gasteiger partial charge in [-0.2, -0.15) is 5.10 Å². The van der Waals surface area contributed by atoms with Crippen molar-refractivity contribution >= 4 is 17.3 Å². The van der Waals surface area contributed by atoms with Crippen molar-refractivity contribution in [3.8, 4) is 0 Å². The summed E-state index contributed by atoms with van der Waals surface area (Å²) >= 11 is 6.14. The number of methoxy groups -OCH3 is 1. The van der Waals surface area contributed by atoms with Gasteiger partial charge in [0.2, 0.25) is 0 Å². The van der Waals surface area contributed by atoms with E-state index in [0.717, 1.165) is 19.6 Å². The minimum Gasteiger partial charge on any atom is -0.383 e. The molecule has 0 aliphatic carbocycles. The van der Waals surface area contributed by atoms with Crippen molar-refractivity contribution in [1.82, 2.24) is 14.7 Å². The summed E-state index contributed by atoms with van der Waals surface area (Å²) < 4.78 is 6.25. The second kappa shape index (κ2) is 9.02. The molecule has 7 heteroatoms. The average Bonchev–Trinajstić information content (AvgIpc) is 2.48. The zero-order valence-electron chi connectivity index (χ0n) is 13.2. The third kappa shape index (κ3) is 5.30. The molecule has 1 aromatic heterocycles. The van der Waals surface area contributed by atoms with Gasteiger partial charge in [0.05, 0.1) is 25.0 Å². The van der Waals surface area contributed by atoms with Crippen LogP contribution < -0.4 is 10.9 Å². The van der Waals surface area contributed by atoms with Crippen LogP contribution in [0.2, 0.25) is 5.02 Å². The van der Waals surface area contributed by atoms with E-state index >= 15 is 0 Å². The van der Waals surface area contributed by atoms with Crippen LogP contribution in [0.25, 0.3) is 0 Å². The molecule has 21 heavy (non-hydrogen) atoms. The maximum Gasteiger partial charge on any atom is 0.287 e. The molecule has 0 aliphatic heterocycles. The molecule has 1 heterocycles. The smallest absolute Gasteiger partial charge is 0.287 e. The molecule has 0 saturated carbocycles. The Labute approximate surface area is 131 Å². The summed E-state index contributed by atoms with van der Waals surface area (Å²) in [5.41, 5.74) is 0.281. The molecule has 0 spiro atoms. The fourth-order valence-corrected chi connectivity index (χ4v) is 2.28. The van der Waals surface area contributed by atoms with Gasteiger partial charge in [0, 0.05) is 19.7 Å². The lowest BCUT2D eigenvalue weighted by Crippen LogP contribution is -2.35. The first-order chi connectivity index (χ1) is 10.0. The van der Waals surface area contributed by atoms with Crippen molar-refractivity contribution in [3.05, 3.63) is 21.6 Å². The van der Waals surface area contributed by atoms with Gasteiger partial charge in [0.1, 0.15) is 5.02 Å². The normalized spacial score (nSPS) is 12.7. The molecule has 120 valence electrons. The third-order valence-electron chi connectivity index (χ3n) is 3.32. The minimum atomic E-state index is -0.297. The fourth-order valence-electron chi connectivity index (χ4n) is 2.08. The number of aromatic nitrogens is 2. The molecule has 1 atom stereocenters. The van der Waals surface area contributed by atoms with Gasteiger partial charge in [-0.25, -0.2) is 4.68 Å². The van der Waals surface area contributed by atoms with E-state index in [1.807, 2.05) is 0 Å². The maximum absolute atomic E-state index is 12.1. The van der Waals surface area contributed by atoms with E-state index in [-0.39, 0.29) is 16.6 Å². The van der Waals surface area contributed by atoms with Crippen LogP contribution in [-0.4, -0.2) is 54.1 Å². The van der Waals surface area contributed by atoms with Crippen molar-refractivity contribution < 1.29 is 4.74 Å². The first-order valence-corrected chi connectivity index (χ1v) is 7.64. The first-order valence-electron chi connectivity index (χ1n) is 7.26. The Morgan fingerprint density at radius 1 is 1.48 bits per heavy atom. The summed E-state index contributed by atoms with van der Waals surface area (Å²) in [7, 11) is 1.58. The molecule has 1 N–H and O–H groups in total. The number of anilines is 1. The Morgan fingerprint density at radius 2 is 2.14 bits per heavy atom. The fraction of sp³-hybridized carbons (Fsp3) is 0.714. The maximum atomic E-state index is 12.1. The average molecular weight is 317 g/mol. The molecule has 0 fully saturated rings. The Balaban J connectivity index is 2.76. The van der Waals surface area contributed by atoms with Gasteiger partial charge < -0.3 is 15.0 Å². The Kier molecular flexibility index (Phi) is 7.71. The zero-order chi connectivity index (χ0) is 15.8. The number of halogens is 1. The zero-order valence-corrected chi connectivity index (χ0v) is 14.0. The molecule has 0 amide bonds. The first kappa shape index (κ1) is 17.9. The van der Waals surface area contributed by atoms with Gasteiger partial charge in [-0.15, -0.1) is 0 Å². The van der Waals surface area contributed by atoms with Gasteiger partial charge in [-0.1, -0.05) is 25.4 Å². The summed E-state index contributed by atoms with van der Waals surface area (Å²) in [4.78, 5) is 14.4. The summed E-state index contributed by atoms with van der Waals surface area (Å²) in [5, 5.41) is 7.54. The number of nitrogens with zero attached hydrogens (tertiary/aromatic N) is 3. The van der Waals surface area contributed by atoms with E-state index in [2.05, 4.69) is 36.1 Å². The highest BCUT2D eigenvalue weighted by atomic mass is 35.5. The lowest BCUT2D eigenvalue weighted by Gasteiger charge is -2.24. The van der Waals surface area contributed by atoms with Gasteiger partial charge in [-0.05, 0) is 20.0 Å². The highest BCUT2D eigenvalue weighted by molar-refractivity contribution is 6.32. The van der Waals surface area contributed by atoms with Crippen molar-refractivity contribution in [2.24, 2.45) is 0 Å². The number of rotatable bonds is 9. The number of nitrogens with one attached hydrogen (secondary N) is 1. The largest absolute Gasteiger partial charge is 0.383 e.